The van der Waals surface area contributed by atoms with E-state index in [-0.39, 0.29) is 22.4 Å². The van der Waals surface area contributed by atoms with Crippen molar-refractivity contribution in [2.24, 2.45) is 0 Å². The number of aromatic nitrogens is 5. The third-order valence-electron chi connectivity index (χ3n) is 10.6. The summed E-state index contributed by atoms with van der Waals surface area (Å²) in [6.45, 7) is 8.25. The third kappa shape index (κ3) is 5.39. The summed E-state index contributed by atoms with van der Waals surface area (Å²) in [4.78, 5) is 17.2. The van der Waals surface area contributed by atoms with Gasteiger partial charge in [0.15, 0.2) is 11.5 Å². The van der Waals surface area contributed by atoms with Gasteiger partial charge < -0.3 is 9.13 Å². The van der Waals surface area contributed by atoms with Crippen molar-refractivity contribution < 1.29 is 13.2 Å². The van der Waals surface area contributed by atoms with Gasteiger partial charge in [-0.3, -0.25) is 4.98 Å². The molecule has 274 valence electrons. The van der Waals surface area contributed by atoms with Crippen LogP contribution in [-0.2, 0) is 6.18 Å². The van der Waals surface area contributed by atoms with Crippen LogP contribution in [0.15, 0.2) is 158 Å². The molecule has 58 heavy (non-hydrogen) atoms. The van der Waals surface area contributed by atoms with Crippen LogP contribution in [0.25, 0.3) is 93.6 Å². The van der Waals surface area contributed by atoms with Gasteiger partial charge in [0, 0.05) is 62.4 Å². The highest BCUT2D eigenvalue weighted by Gasteiger charge is 2.37. The summed E-state index contributed by atoms with van der Waals surface area (Å²) in [5.41, 5.74) is 4.43. The first-order valence-corrected chi connectivity index (χ1v) is 18.3. The molecule has 7 nitrogen and oxygen atoms in total. The zero-order valence-corrected chi connectivity index (χ0v) is 30.3. The van der Waals surface area contributed by atoms with Crippen LogP contribution in [-0.4, -0.2) is 24.1 Å². The number of benzene rings is 6. The van der Waals surface area contributed by atoms with Crippen molar-refractivity contribution in [2.75, 3.05) is 0 Å². The van der Waals surface area contributed by atoms with Crippen molar-refractivity contribution in [3.8, 4) is 51.2 Å². The summed E-state index contributed by atoms with van der Waals surface area (Å²) >= 11 is 0. The number of nitrogens with zero attached hydrogens (tertiary/aromatic N) is 7. The molecule has 0 amide bonds. The van der Waals surface area contributed by atoms with Gasteiger partial charge in [-0.15, -0.1) is 0 Å². The molecule has 0 spiro atoms. The molecule has 0 bridgehead atoms. The molecular formula is C48H26F3N7. The topological polar surface area (TPSA) is 76.7 Å². The maximum Gasteiger partial charge on any atom is 0.415 e. The molecule has 0 radical (unpaired) electrons. The van der Waals surface area contributed by atoms with E-state index in [9.17, 15) is 5.26 Å². The lowest BCUT2D eigenvalue weighted by molar-refractivity contribution is -0.137. The van der Waals surface area contributed by atoms with Crippen LogP contribution in [0.3, 0.4) is 0 Å². The Hall–Kier alpha value is -8.08. The number of halogens is 3. The minimum absolute atomic E-state index is 0.132. The smallest absolute Gasteiger partial charge is 0.309 e. The van der Waals surface area contributed by atoms with E-state index in [0.29, 0.717) is 50.5 Å². The van der Waals surface area contributed by atoms with Crippen molar-refractivity contribution >= 4 is 49.3 Å². The number of pyridine rings is 1. The Morgan fingerprint density at radius 2 is 1.12 bits per heavy atom. The Kier molecular flexibility index (Phi) is 7.89. The van der Waals surface area contributed by atoms with Crippen LogP contribution >= 0.6 is 0 Å². The van der Waals surface area contributed by atoms with Gasteiger partial charge in [-0.05, 0) is 54.6 Å². The average molecular weight is 758 g/mol. The lowest BCUT2D eigenvalue weighted by Crippen LogP contribution is -2.11. The largest absolute Gasteiger partial charge is 0.415 e. The van der Waals surface area contributed by atoms with Crippen LogP contribution in [0, 0.1) is 17.9 Å². The monoisotopic (exact) mass is 757 g/mol. The summed E-state index contributed by atoms with van der Waals surface area (Å²) in [6.07, 6.45) is 0.155. The van der Waals surface area contributed by atoms with E-state index in [4.69, 9.17) is 6.57 Å². The van der Waals surface area contributed by atoms with Crippen molar-refractivity contribution in [2.45, 2.75) is 6.18 Å². The molecule has 0 atom stereocenters. The van der Waals surface area contributed by atoms with Gasteiger partial charge in [-0.1, -0.05) is 84.9 Å². The fraction of sp³-hybridized carbons (Fsp3) is 0.0208. The van der Waals surface area contributed by atoms with Crippen molar-refractivity contribution in [3.63, 3.8) is 0 Å². The Morgan fingerprint density at radius 1 is 0.552 bits per heavy atom. The van der Waals surface area contributed by atoms with Gasteiger partial charge in [0.05, 0.1) is 62.9 Å². The Balaban J connectivity index is 1.43. The molecule has 0 aliphatic rings. The highest BCUT2D eigenvalue weighted by atomic mass is 19.4. The number of nitriles is 1. The summed E-state index contributed by atoms with van der Waals surface area (Å²) in [5, 5.41) is 14.1. The summed E-state index contributed by atoms with van der Waals surface area (Å²) in [5.74, 6) is 0.472. The predicted molar refractivity (Wildman–Crippen MR) is 221 cm³/mol. The predicted octanol–water partition coefficient (Wildman–Crippen LogP) is 12.5. The fourth-order valence-corrected chi connectivity index (χ4v) is 8.16. The van der Waals surface area contributed by atoms with Gasteiger partial charge in [0.2, 0.25) is 0 Å². The number of hydrogen-bond donors (Lipinski definition) is 0. The van der Waals surface area contributed by atoms with Gasteiger partial charge in [0.25, 0.3) is 0 Å². The first-order chi connectivity index (χ1) is 28.3. The highest BCUT2D eigenvalue weighted by molar-refractivity contribution is 6.13. The van der Waals surface area contributed by atoms with Crippen molar-refractivity contribution in [3.05, 3.63) is 181 Å². The average Bonchev–Trinajstić information content (AvgIpc) is 3.78. The van der Waals surface area contributed by atoms with Gasteiger partial charge in [0.1, 0.15) is 0 Å². The van der Waals surface area contributed by atoms with Crippen molar-refractivity contribution in [1.82, 2.24) is 24.1 Å². The van der Waals surface area contributed by atoms with Crippen LogP contribution in [0.2, 0.25) is 0 Å². The molecule has 0 N–H and O–H groups in total. The number of rotatable bonds is 5. The second-order valence-electron chi connectivity index (χ2n) is 13.8. The standard InChI is InChI=1S/C48H26F3N7/c1-53-38-14-8-12-36(48(49,50)51)45(38)46-43(57-39-15-4-2-10-32(39)34-19-17-30(26-41(34)57)37-13-6-7-21-54-37)24-29(28-52)25-44(46)58-40-16-5-3-11-33(40)35-20-18-31(27-42(35)58)47-55-22-9-23-56-47/h2-27H. The molecule has 10 aromatic rings. The molecule has 0 aliphatic heterocycles. The van der Waals surface area contributed by atoms with E-state index in [0.717, 1.165) is 33.2 Å². The third-order valence-corrected chi connectivity index (χ3v) is 10.6. The molecule has 10 rings (SSSR count). The quantitative estimate of drug-likeness (QED) is 0.164. The Labute approximate surface area is 329 Å². The van der Waals surface area contributed by atoms with E-state index in [1.807, 2.05) is 112 Å². The molecule has 6 aromatic carbocycles. The minimum atomic E-state index is -4.84. The van der Waals surface area contributed by atoms with Gasteiger partial charge >= 0.3 is 6.18 Å². The number of alkyl halides is 3. The fourth-order valence-electron chi connectivity index (χ4n) is 8.16. The maximum atomic E-state index is 15.4. The number of fused-ring (bicyclic) bond motifs is 6. The van der Waals surface area contributed by atoms with Crippen LogP contribution in [0.4, 0.5) is 18.9 Å². The lowest BCUT2D eigenvalue weighted by atomic mass is 9.92. The van der Waals surface area contributed by atoms with Gasteiger partial charge in [-0.25, -0.2) is 14.8 Å². The second kappa shape index (κ2) is 13.3. The molecule has 0 saturated heterocycles. The molecule has 4 heterocycles. The molecular weight excluding hydrogens is 732 g/mol. The lowest BCUT2D eigenvalue weighted by Gasteiger charge is -2.24. The van der Waals surface area contributed by atoms with Crippen LogP contribution in [0.5, 0.6) is 0 Å². The Bertz CT molecular complexity index is 3170. The van der Waals surface area contributed by atoms with E-state index >= 15 is 13.2 Å². The molecule has 0 unspecified atom stereocenters. The second-order valence-corrected chi connectivity index (χ2v) is 13.8. The van der Waals surface area contributed by atoms with E-state index < -0.39 is 11.7 Å². The van der Waals surface area contributed by atoms with E-state index in [1.165, 1.54) is 12.1 Å². The molecule has 0 saturated carbocycles. The van der Waals surface area contributed by atoms with E-state index in [1.54, 1.807) is 36.8 Å². The number of para-hydroxylation sites is 2. The SMILES string of the molecule is [C-]#[N+]c1cccc(C(F)(F)F)c1-c1c(-n2c3ccccc3c3ccc(-c4ccccn4)cc32)cc(C#N)cc1-n1c2ccccc2c2ccc(-c3ncccn3)cc21. The summed E-state index contributed by atoms with van der Waals surface area (Å²) in [7, 11) is 0. The maximum absolute atomic E-state index is 15.4. The van der Waals surface area contributed by atoms with Crippen LogP contribution < -0.4 is 0 Å². The normalized spacial score (nSPS) is 11.7. The Morgan fingerprint density at radius 3 is 1.71 bits per heavy atom. The highest BCUT2D eigenvalue weighted by Crippen LogP contribution is 2.50. The molecule has 4 aromatic heterocycles. The first kappa shape index (κ1) is 34.4. The first-order valence-electron chi connectivity index (χ1n) is 18.3. The summed E-state index contributed by atoms with van der Waals surface area (Å²) in [6, 6.07) is 43.6. The molecule has 0 fully saturated rings. The minimum Gasteiger partial charge on any atom is -0.309 e. The molecule has 0 aliphatic carbocycles. The molecule has 10 heteroatoms. The zero-order chi connectivity index (χ0) is 39.5. The van der Waals surface area contributed by atoms with Gasteiger partial charge in [-0.2, -0.15) is 18.4 Å². The van der Waals surface area contributed by atoms with Crippen molar-refractivity contribution in [1.29, 1.82) is 5.26 Å². The number of hydrogen-bond acceptors (Lipinski definition) is 4. The zero-order valence-electron chi connectivity index (χ0n) is 30.3. The van der Waals surface area contributed by atoms with E-state index in [2.05, 4.69) is 25.9 Å². The summed E-state index contributed by atoms with van der Waals surface area (Å²) < 4.78 is 50.1. The van der Waals surface area contributed by atoms with Crippen LogP contribution in [0.1, 0.15) is 11.1 Å².